The Morgan fingerprint density at radius 2 is 2.00 bits per heavy atom. The summed E-state index contributed by atoms with van der Waals surface area (Å²) in [5, 5.41) is 7.58. The molecule has 1 N–H and O–H groups in total. The van der Waals surface area contributed by atoms with E-state index in [1.165, 1.54) is 0 Å². The van der Waals surface area contributed by atoms with Crippen LogP contribution < -0.4 is 5.32 Å². The molecule has 0 aliphatic heterocycles. The Bertz CT molecular complexity index is 864. The minimum absolute atomic E-state index is 0.0692. The molecule has 0 saturated carbocycles. The Morgan fingerprint density at radius 3 is 2.77 bits per heavy atom. The fraction of sp³-hybridized carbons (Fsp3) is 0.250. The molecule has 1 aromatic heterocycles. The van der Waals surface area contributed by atoms with Crippen LogP contribution in [0.4, 0.5) is 0 Å². The summed E-state index contributed by atoms with van der Waals surface area (Å²) in [4.78, 5) is 16.5. The van der Waals surface area contributed by atoms with E-state index in [2.05, 4.69) is 15.5 Å². The Hall–Kier alpha value is -2.66. The molecule has 5 nitrogen and oxygen atoms in total. The molecule has 1 atom stereocenters. The molecule has 3 aromatic rings. The van der Waals surface area contributed by atoms with Gasteiger partial charge in [0.25, 0.3) is 0 Å². The van der Waals surface area contributed by atoms with Crippen molar-refractivity contribution >= 4 is 17.5 Å². The predicted octanol–water partition coefficient (Wildman–Crippen LogP) is 4.12. The molecule has 1 heterocycles. The Morgan fingerprint density at radius 1 is 1.19 bits per heavy atom. The van der Waals surface area contributed by atoms with E-state index in [0.29, 0.717) is 29.6 Å². The lowest BCUT2D eigenvalue weighted by Crippen LogP contribution is -2.26. The van der Waals surface area contributed by atoms with E-state index in [9.17, 15) is 4.79 Å². The Kier molecular flexibility index (Phi) is 6.02. The van der Waals surface area contributed by atoms with Gasteiger partial charge in [-0.3, -0.25) is 4.79 Å². The lowest BCUT2D eigenvalue weighted by molar-refractivity contribution is -0.121. The quantitative estimate of drug-likeness (QED) is 0.680. The zero-order chi connectivity index (χ0) is 18.4. The molecule has 6 heteroatoms. The Balaban J connectivity index is 1.49. The summed E-state index contributed by atoms with van der Waals surface area (Å²) in [6.45, 7) is 1.92. The van der Waals surface area contributed by atoms with Crippen molar-refractivity contribution < 1.29 is 9.32 Å². The van der Waals surface area contributed by atoms with Crippen LogP contribution in [0.5, 0.6) is 0 Å². The molecule has 26 heavy (non-hydrogen) atoms. The predicted molar refractivity (Wildman–Crippen MR) is 99.9 cm³/mol. The second-order valence-corrected chi connectivity index (χ2v) is 6.55. The molecular formula is C20H20ClN3O2. The number of aryl methyl sites for hydroxylation is 1. The summed E-state index contributed by atoms with van der Waals surface area (Å²) < 4.78 is 5.23. The zero-order valence-electron chi connectivity index (χ0n) is 14.5. The monoisotopic (exact) mass is 369 g/mol. The molecule has 2 aromatic carbocycles. The average molecular weight is 370 g/mol. The van der Waals surface area contributed by atoms with E-state index >= 15 is 0 Å². The Labute approximate surface area is 157 Å². The van der Waals surface area contributed by atoms with E-state index in [0.717, 1.165) is 11.1 Å². The van der Waals surface area contributed by atoms with E-state index in [4.69, 9.17) is 16.1 Å². The number of hydrogen-bond acceptors (Lipinski definition) is 4. The number of aromatic nitrogens is 2. The molecule has 0 spiro atoms. The maximum atomic E-state index is 12.1. The van der Waals surface area contributed by atoms with Crippen LogP contribution in [0.1, 0.15) is 42.2 Å². The highest BCUT2D eigenvalue weighted by atomic mass is 35.5. The fourth-order valence-corrected chi connectivity index (χ4v) is 2.83. The molecule has 0 saturated heterocycles. The first-order chi connectivity index (χ1) is 12.6. The van der Waals surface area contributed by atoms with Crippen LogP contribution >= 0.6 is 11.6 Å². The second kappa shape index (κ2) is 8.63. The summed E-state index contributed by atoms with van der Waals surface area (Å²) in [5.74, 6) is 1.03. The van der Waals surface area contributed by atoms with Crippen LogP contribution in [0.15, 0.2) is 59.1 Å². The zero-order valence-corrected chi connectivity index (χ0v) is 15.2. The van der Waals surface area contributed by atoms with Crippen LogP contribution in [0, 0.1) is 0 Å². The summed E-state index contributed by atoms with van der Waals surface area (Å²) in [6, 6.07) is 17.3. The normalized spacial score (nSPS) is 11.9. The van der Waals surface area contributed by atoms with Gasteiger partial charge in [0.15, 0.2) is 5.82 Å². The summed E-state index contributed by atoms with van der Waals surface area (Å²) in [6.07, 6.45) is 1.32. The SMILES string of the molecule is C[C@H](NC(=O)CCc1nc(Cc2ccccc2)no1)c1cccc(Cl)c1. The molecule has 0 unspecified atom stereocenters. The number of halogens is 1. The van der Waals surface area contributed by atoms with Crippen molar-refractivity contribution in [2.24, 2.45) is 0 Å². The van der Waals surface area contributed by atoms with E-state index < -0.39 is 0 Å². The standard InChI is InChI=1S/C20H20ClN3O2/c1-14(16-8-5-9-17(21)13-16)22-19(25)10-11-20-23-18(24-26-20)12-15-6-3-2-4-7-15/h2-9,13-14H,10-12H2,1H3,(H,22,25)/t14-/m0/s1. The summed E-state index contributed by atoms with van der Waals surface area (Å²) >= 11 is 5.99. The largest absolute Gasteiger partial charge is 0.350 e. The van der Waals surface area contributed by atoms with Crippen LogP contribution in [0.25, 0.3) is 0 Å². The number of amides is 1. The van der Waals surface area contributed by atoms with Gasteiger partial charge in [-0.2, -0.15) is 4.98 Å². The van der Waals surface area contributed by atoms with Crippen LogP contribution in [0.3, 0.4) is 0 Å². The number of carbonyl (C=O) groups is 1. The van der Waals surface area contributed by atoms with Gasteiger partial charge in [-0.25, -0.2) is 0 Å². The van der Waals surface area contributed by atoms with Gasteiger partial charge in [-0.1, -0.05) is 59.2 Å². The first kappa shape index (κ1) is 18.1. The van der Waals surface area contributed by atoms with Gasteiger partial charge in [-0.05, 0) is 30.2 Å². The molecule has 3 rings (SSSR count). The number of hydrogen-bond donors (Lipinski definition) is 1. The molecule has 0 bridgehead atoms. The van der Waals surface area contributed by atoms with Crippen molar-refractivity contribution in [3.8, 4) is 0 Å². The van der Waals surface area contributed by atoms with E-state index in [1.54, 1.807) is 0 Å². The highest BCUT2D eigenvalue weighted by molar-refractivity contribution is 6.30. The molecule has 0 aliphatic rings. The molecule has 0 aliphatic carbocycles. The lowest BCUT2D eigenvalue weighted by atomic mass is 10.1. The van der Waals surface area contributed by atoms with Gasteiger partial charge in [-0.15, -0.1) is 0 Å². The van der Waals surface area contributed by atoms with Crippen molar-refractivity contribution in [2.45, 2.75) is 32.2 Å². The molecule has 0 radical (unpaired) electrons. The van der Waals surface area contributed by atoms with Crippen LogP contribution in [0.2, 0.25) is 5.02 Å². The highest BCUT2D eigenvalue weighted by Crippen LogP contribution is 2.17. The lowest BCUT2D eigenvalue weighted by Gasteiger charge is -2.14. The average Bonchev–Trinajstić information content (AvgIpc) is 3.08. The summed E-state index contributed by atoms with van der Waals surface area (Å²) in [7, 11) is 0. The maximum Gasteiger partial charge on any atom is 0.227 e. The smallest absolute Gasteiger partial charge is 0.227 e. The fourth-order valence-electron chi connectivity index (χ4n) is 2.64. The number of benzene rings is 2. The van der Waals surface area contributed by atoms with Crippen molar-refractivity contribution in [3.63, 3.8) is 0 Å². The molecular weight excluding hydrogens is 350 g/mol. The third kappa shape index (κ3) is 5.17. The third-order valence-corrected chi connectivity index (χ3v) is 4.24. The van der Waals surface area contributed by atoms with E-state index in [1.807, 2.05) is 61.5 Å². The molecule has 0 fully saturated rings. The maximum absolute atomic E-state index is 12.1. The number of nitrogens with zero attached hydrogens (tertiary/aromatic N) is 2. The second-order valence-electron chi connectivity index (χ2n) is 6.11. The summed E-state index contributed by atoms with van der Waals surface area (Å²) in [5.41, 5.74) is 2.08. The minimum atomic E-state index is -0.113. The minimum Gasteiger partial charge on any atom is -0.350 e. The van der Waals surface area contributed by atoms with Gasteiger partial charge in [0.2, 0.25) is 11.8 Å². The number of nitrogens with one attached hydrogen (secondary N) is 1. The van der Waals surface area contributed by atoms with E-state index in [-0.39, 0.29) is 18.4 Å². The van der Waals surface area contributed by atoms with Gasteiger partial charge >= 0.3 is 0 Å². The molecule has 134 valence electrons. The topological polar surface area (TPSA) is 68.0 Å². The van der Waals surface area contributed by atoms with Gasteiger partial charge < -0.3 is 9.84 Å². The van der Waals surface area contributed by atoms with Gasteiger partial charge in [0.1, 0.15) is 0 Å². The van der Waals surface area contributed by atoms with Crippen LogP contribution in [-0.2, 0) is 17.6 Å². The third-order valence-electron chi connectivity index (χ3n) is 4.01. The van der Waals surface area contributed by atoms with Crippen molar-refractivity contribution in [1.82, 2.24) is 15.5 Å². The van der Waals surface area contributed by atoms with Crippen molar-refractivity contribution in [2.75, 3.05) is 0 Å². The number of carbonyl (C=O) groups excluding carboxylic acids is 1. The van der Waals surface area contributed by atoms with Crippen molar-refractivity contribution in [3.05, 3.63) is 82.5 Å². The van der Waals surface area contributed by atoms with Crippen molar-refractivity contribution in [1.29, 1.82) is 0 Å². The first-order valence-electron chi connectivity index (χ1n) is 8.50. The highest BCUT2D eigenvalue weighted by Gasteiger charge is 2.13. The first-order valence-corrected chi connectivity index (χ1v) is 8.88. The van der Waals surface area contributed by atoms with Crippen LogP contribution in [-0.4, -0.2) is 16.0 Å². The van der Waals surface area contributed by atoms with Gasteiger partial charge in [0.05, 0.1) is 6.04 Å². The van der Waals surface area contributed by atoms with Gasteiger partial charge in [0, 0.05) is 24.3 Å². The number of rotatable bonds is 7. The molecule has 1 amide bonds.